The first-order valence-corrected chi connectivity index (χ1v) is 22.6. The van der Waals surface area contributed by atoms with Gasteiger partial charge in [-0.3, -0.25) is 24.0 Å². The Morgan fingerprint density at radius 3 is 1.74 bits per heavy atom. The number of thiocarbonyl (C=S) groups is 1. The highest BCUT2D eigenvalue weighted by molar-refractivity contribution is 9.10. The predicted molar refractivity (Wildman–Crippen MR) is 250 cm³/mol. The normalized spacial score (nSPS) is 15.2. The number of aromatic hydroxyl groups is 2. The van der Waals surface area contributed by atoms with E-state index in [2.05, 4.69) is 20.9 Å². The molecule has 1 unspecified atom stereocenters. The number of rotatable bonds is 7. The Morgan fingerprint density at radius 2 is 1.24 bits per heavy atom. The van der Waals surface area contributed by atoms with E-state index in [0.717, 1.165) is 0 Å². The molecule has 3 fully saturated rings. The third-order valence-corrected chi connectivity index (χ3v) is 12.3. The number of amides is 3. The Balaban J connectivity index is 0.000000176. The predicted octanol–water partition coefficient (Wildman–Crippen LogP) is 3.56. The minimum absolute atomic E-state index is 0.00118. The molecule has 0 aliphatic carbocycles. The summed E-state index contributed by atoms with van der Waals surface area (Å²) in [5.74, 6) is -0.500. The molecule has 6 heterocycles. The Labute approximate surface area is 395 Å². The van der Waals surface area contributed by atoms with Crippen LogP contribution >= 0.6 is 39.5 Å². The highest BCUT2D eigenvalue weighted by Gasteiger charge is 2.27. The van der Waals surface area contributed by atoms with E-state index in [1.54, 1.807) is 45.9 Å². The molecule has 66 heavy (non-hydrogen) atoms. The summed E-state index contributed by atoms with van der Waals surface area (Å²) in [4.78, 5) is 90.0. The lowest BCUT2D eigenvalue weighted by Gasteiger charge is -2.27. The molecule has 19 nitrogen and oxygen atoms in total. The summed E-state index contributed by atoms with van der Waals surface area (Å²) in [7, 11) is 0. The van der Waals surface area contributed by atoms with Crippen molar-refractivity contribution in [2.24, 2.45) is 5.73 Å². The van der Waals surface area contributed by atoms with E-state index in [1.165, 1.54) is 49.4 Å². The summed E-state index contributed by atoms with van der Waals surface area (Å²) >= 11 is 8.96. The first-order chi connectivity index (χ1) is 31.4. The largest absolute Gasteiger partial charge is 0.508 e. The third-order valence-electron chi connectivity index (χ3n) is 9.88. The summed E-state index contributed by atoms with van der Waals surface area (Å²) in [5.41, 5.74) is 5.88. The summed E-state index contributed by atoms with van der Waals surface area (Å²) in [6.07, 6.45) is 0.0278. The summed E-state index contributed by atoms with van der Waals surface area (Å²) < 4.78 is 25.7. The van der Waals surface area contributed by atoms with E-state index in [-0.39, 0.29) is 57.8 Å². The first kappa shape index (κ1) is 51.1. The molecule has 5 aromatic rings. The number of benzene rings is 2. The number of carbonyl (C=O) groups is 5. The fourth-order valence-electron chi connectivity index (χ4n) is 6.40. The number of fused-ring (bicyclic) bond motifs is 2. The number of aromatic nitrogens is 1. The number of thiazole rings is 1. The van der Waals surface area contributed by atoms with E-state index in [1.807, 2.05) is 0 Å². The fraction of sp³-hybridized carbons (Fsp3) is 0.386. The molecule has 22 heteroatoms. The van der Waals surface area contributed by atoms with E-state index in [0.29, 0.717) is 122 Å². The van der Waals surface area contributed by atoms with Crippen molar-refractivity contribution in [1.29, 1.82) is 0 Å². The van der Waals surface area contributed by atoms with E-state index < -0.39 is 16.1 Å². The maximum atomic E-state index is 12.7. The lowest BCUT2D eigenvalue weighted by atomic mass is 10.2. The molecule has 352 valence electrons. The van der Waals surface area contributed by atoms with Gasteiger partial charge >= 0.3 is 11.3 Å². The summed E-state index contributed by atoms with van der Waals surface area (Å²) in [6, 6.07) is 12.3. The van der Waals surface area contributed by atoms with Crippen molar-refractivity contribution in [3.8, 4) is 22.1 Å². The van der Waals surface area contributed by atoms with Crippen molar-refractivity contribution >= 4 is 95.7 Å². The molecule has 0 saturated carbocycles. The van der Waals surface area contributed by atoms with Gasteiger partial charge in [-0.05, 0) is 57.2 Å². The van der Waals surface area contributed by atoms with Crippen molar-refractivity contribution in [2.75, 3.05) is 78.9 Å². The van der Waals surface area contributed by atoms with Crippen molar-refractivity contribution in [3.63, 3.8) is 0 Å². The summed E-state index contributed by atoms with van der Waals surface area (Å²) in [5, 5.41) is 20.5. The van der Waals surface area contributed by atoms with E-state index in [9.17, 15) is 43.8 Å². The Morgan fingerprint density at radius 1 is 0.758 bits per heavy atom. The molecule has 3 aromatic heterocycles. The van der Waals surface area contributed by atoms with Crippen LogP contribution in [0.5, 0.6) is 11.5 Å². The standard InChI is InChI=1S/C18H16N2O5S.C10H7NO3S.C8H12BrNO3.C8H13NO3/c1-10-15(17(22)20-4-6-24-7-5-20)26-16(19-10)13-8-11-2-3-12(21)9-14(11)25-18(13)23;11-9(15)7-3-5-1-2-6(12)4-8(5)14-10(7)13;1-6(11)7(9)8(12)10-2-4-13-5-3-10;1-7(10)6-8(11)9-2-4-12-5-3-9/h2-3,8-9,21H,4-7H2,1H3;1-4,12H,(H2,11,15);7H,2-5H2,1H3;2-6H2,1H3. The van der Waals surface area contributed by atoms with Crippen LogP contribution in [-0.4, -0.2) is 148 Å². The molecule has 0 spiro atoms. The van der Waals surface area contributed by atoms with Gasteiger partial charge in [0.1, 0.15) is 43.3 Å². The number of phenolic OH excluding ortho intramolecular Hbond substituents is 2. The Kier molecular flexibility index (Phi) is 18.6. The van der Waals surface area contributed by atoms with Gasteiger partial charge in [-0.2, -0.15) is 0 Å². The van der Waals surface area contributed by atoms with Gasteiger partial charge in [0, 0.05) is 62.2 Å². The van der Waals surface area contributed by atoms with Crippen molar-refractivity contribution < 1.29 is 57.2 Å². The van der Waals surface area contributed by atoms with Crippen LogP contribution in [0.2, 0.25) is 0 Å². The quantitative estimate of drug-likeness (QED) is 0.0911. The summed E-state index contributed by atoms with van der Waals surface area (Å²) in [6.45, 7) is 11.4. The van der Waals surface area contributed by atoms with Crippen LogP contribution in [0.15, 0.2) is 67.0 Å². The number of aryl methyl sites for hydroxylation is 1. The second kappa shape index (κ2) is 24.0. The average Bonchev–Trinajstić information content (AvgIpc) is 3.69. The van der Waals surface area contributed by atoms with Gasteiger partial charge in [-0.25, -0.2) is 14.6 Å². The van der Waals surface area contributed by atoms with Gasteiger partial charge < -0.3 is 53.7 Å². The lowest BCUT2D eigenvalue weighted by Crippen LogP contribution is -2.45. The Bertz CT molecular complexity index is 2700. The first-order valence-electron chi connectivity index (χ1n) is 20.5. The average molecular weight is 1010 g/mol. The fourth-order valence-corrected chi connectivity index (χ4v) is 7.87. The second-order valence-corrected chi connectivity index (χ2v) is 17.2. The highest BCUT2D eigenvalue weighted by Crippen LogP contribution is 2.30. The lowest BCUT2D eigenvalue weighted by molar-refractivity contribution is -0.139. The topological polar surface area (TPSA) is 263 Å². The Hall–Kier alpha value is -5.91. The second-order valence-electron chi connectivity index (χ2n) is 14.8. The smallest absolute Gasteiger partial charge is 0.346 e. The number of alkyl halides is 1. The van der Waals surface area contributed by atoms with Crippen LogP contribution in [0.3, 0.4) is 0 Å². The van der Waals surface area contributed by atoms with E-state index in [4.69, 9.17) is 41.0 Å². The zero-order chi connectivity index (χ0) is 48.1. The van der Waals surface area contributed by atoms with Crippen LogP contribution in [-0.2, 0) is 33.4 Å². The molecule has 8 rings (SSSR count). The number of halogens is 1. The molecule has 3 amide bonds. The number of nitrogens with zero attached hydrogens (tertiary/aromatic N) is 4. The van der Waals surface area contributed by atoms with Crippen LogP contribution in [0.25, 0.3) is 32.5 Å². The molecule has 0 bridgehead atoms. The maximum Gasteiger partial charge on any atom is 0.346 e. The van der Waals surface area contributed by atoms with Gasteiger partial charge in [0.05, 0.1) is 62.9 Å². The van der Waals surface area contributed by atoms with Gasteiger partial charge in [0.15, 0.2) is 10.6 Å². The monoisotopic (exact) mass is 1010 g/mol. The minimum atomic E-state index is -0.689. The number of carbonyl (C=O) groups excluding carboxylic acids is 5. The van der Waals surface area contributed by atoms with E-state index >= 15 is 0 Å². The minimum Gasteiger partial charge on any atom is -0.508 e. The third kappa shape index (κ3) is 14.0. The van der Waals surface area contributed by atoms with Crippen molar-refractivity contribution in [1.82, 2.24) is 19.7 Å². The van der Waals surface area contributed by atoms with Crippen molar-refractivity contribution in [2.45, 2.75) is 32.0 Å². The van der Waals surface area contributed by atoms with Crippen molar-refractivity contribution in [3.05, 3.63) is 85.5 Å². The SMILES string of the molecule is CC(=O)C(Br)C(=O)N1CCOCC1.CC(=O)CC(=O)N1CCOCC1.Cc1nc(-c2cc3ccc(O)cc3oc2=O)sc1C(=O)N1CCOCC1.NC(=S)c1cc2ccc(O)cc2oc1=O. The van der Waals surface area contributed by atoms with Crippen LogP contribution in [0.4, 0.5) is 0 Å². The molecule has 4 N–H and O–H groups in total. The van der Waals surface area contributed by atoms with Crippen LogP contribution in [0.1, 0.15) is 41.2 Å². The van der Waals surface area contributed by atoms with Crippen LogP contribution < -0.4 is 17.0 Å². The molecule has 3 aliphatic heterocycles. The number of Topliss-reactive ketones (excluding diaryl/α,β-unsaturated/α-hetero) is 2. The maximum absolute atomic E-state index is 12.7. The number of morpholine rings is 3. The highest BCUT2D eigenvalue weighted by atomic mass is 79.9. The number of hydrogen-bond acceptors (Lipinski definition) is 17. The molecule has 1 atom stereocenters. The van der Waals surface area contributed by atoms with Gasteiger partial charge in [-0.1, -0.05) is 28.1 Å². The van der Waals surface area contributed by atoms with Gasteiger partial charge in [-0.15, -0.1) is 11.3 Å². The number of phenols is 2. The number of nitrogens with two attached hydrogens (primary N) is 1. The molecular formula is C44H48BrN5O14S2. The zero-order valence-electron chi connectivity index (χ0n) is 36.2. The zero-order valence-corrected chi connectivity index (χ0v) is 39.5. The van der Waals surface area contributed by atoms with Crippen LogP contribution in [0, 0.1) is 6.92 Å². The molecule has 0 radical (unpaired) electrons. The van der Waals surface area contributed by atoms with Gasteiger partial charge in [0.2, 0.25) is 11.8 Å². The molecule has 2 aromatic carbocycles. The number of ketones is 2. The molecule has 3 saturated heterocycles. The molecule has 3 aliphatic rings. The number of ether oxygens (including phenoxy) is 3. The number of hydrogen-bond donors (Lipinski definition) is 3. The van der Waals surface area contributed by atoms with Gasteiger partial charge in [0.25, 0.3) is 5.91 Å². The molecular weight excluding hydrogens is 967 g/mol.